The first-order valence-electron chi connectivity index (χ1n) is 8.58. The van der Waals surface area contributed by atoms with Crippen LogP contribution in [0.4, 0.5) is 10.1 Å². The molecule has 0 fully saturated rings. The average Bonchev–Trinajstić information content (AvgIpc) is 2.69. The highest BCUT2D eigenvalue weighted by molar-refractivity contribution is 6.30. The summed E-state index contributed by atoms with van der Waals surface area (Å²) in [6.45, 7) is 0.250. The summed E-state index contributed by atoms with van der Waals surface area (Å²) in [4.78, 5) is 28.7. The number of carbonyl (C=O) groups is 2. The number of carbonyl (C=O) groups excluding carboxylic acids is 2. The van der Waals surface area contributed by atoms with Gasteiger partial charge in [0.2, 0.25) is 0 Å². The van der Waals surface area contributed by atoms with E-state index >= 15 is 0 Å². The van der Waals surface area contributed by atoms with Crippen molar-refractivity contribution in [3.8, 4) is 0 Å². The number of pyridine rings is 1. The number of halogens is 2. The Morgan fingerprint density at radius 2 is 1.64 bits per heavy atom. The number of benzene rings is 2. The zero-order valence-corrected chi connectivity index (χ0v) is 15.5. The summed E-state index contributed by atoms with van der Waals surface area (Å²) in [6.07, 6.45) is 0.355. The highest BCUT2D eigenvalue weighted by Crippen LogP contribution is 2.15. The Hall–Kier alpha value is -3.25. The smallest absolute Gasteiger partial charge is 0.274 e. The highest BCUT2D eigenvalue weighted by Gasteiger charge is 2.13. The summed E-state index contributed by atoms with van der Waals surface area (Å²) in [5.41, 5.74) is 1.25. The second-order valence-electron chi connectivity index (χ2n) is 5.97. The predicted molar refractivity (Wildman–Crippen MR) is 106 cm³/mol. The van der Waals surface area contributed by atoms with Gasteiger partial charge in [0.15, 0.2) is 0 Å². The minimum atomic E-state index is -0.455. The molecule has 0 unspecified atom stereocenters. The first-order valence-corrected chi connectivity index (χ1v) is 8.96. The molecule has 2 aromatic carbocycles. The molecule has 0 atom stereocenters. The number of aromatic nitrogens is 1. The molecular weight excluding hydrogens is 381 g/mol. The van der Waals surface area contributed by atoms with Crippen molar-refractivity contribution in [2.24, 2.45) is 0 Å². The molecule has 0 radical (unpaired) electrons. The molecule has 0 aliphatic heterocycles. The van der Waals surface area contributed by atoms with Crippen molar-refractivity contribution in [2.45, 2.75) is 6.42 Å². The van der Waals surface area contributed by atoms with Crippen LogP contribution in [-0.4, -0.2) is 23.3 Å². The van der Waals surface area contributed by atoms with Crippen molar-refractivity contribution in [3.63, 3.8) is 0 Å². The standard InChI is InChI=1S/C21H17ClFN3O2/c22-15-6-3-7-16(13-15)25-21(28)19-10-4-9-18(26-19)20(27)24-12-11-14-5-1-2-8-17(14)23/h1-10,13H,11-12H2,(H,24,27)(H,25,28). The van der Waals surface area contributed by atoms with Gasteiger partial charge < -0.3 is 10.6 Å². The monoisotopic (exact) mass is 397 g/mol. The molecule has 142 valence electrons. The Kier molecular flexibility index (Phi) is 6.34. The van der Waals surface area contributed by atoms with E-state index in [0.29, 0.717) is 22.7 Å². The topological polar surface area (TPSA) is 71.1 Å². The van der Waals surface area contributed by atoms with Crippen LogP contribution in [0.1, 0.15) is 26.5 Å². The zero-order chi connectivity index (χ0) is 19.9. The number of rotatable bonds is 6. The Morgan fingerprint density at radius 3 is 2.39 bits per heavy atom. The molecule has 0 bridgehead atoms. The van der Waals surface area contributed by atoms with Gasteiger partial charge in [0, 0.05) is 17.3 Å². The van der Waals surface area contributed by atoms with Gasteiger partial charge in [0.1, 0.15) is 17.2 Å². The molecule has 28 heavy (non-hydrogen) atoms. The third-order valence-corrected chi connectivity index (χ3v) is 4.17. The Bertz CT molecular complexity index is 1010. The molecule has 1 aromatic heterocycles. The molecule has 0 saturated heterocycles. The van der Waals surface area contributed by atoms with Gasteiger partial charge in [-0.15, -0.1) is 0 Å². The van der Waals surface area contributed by atoms with E-state index < -0.39 is 11.8 Å². The second kappa shape index (κ2) is 9.10. The third-order valence-electron chi connectivity index (χ3n) is 3.93. The van der Waals surface area contributed by atoms with Crippen LogP contribution in [0.15, 0.2) is 66.7 Å². The first kappa shape index (κ1) is 19.5. The summed E-state index contributed by atoms with van der Waals surface area (Å²) in [5.74, 6) is -1.20. The molecular formula is C21H17ClFN3O2. The largest absolute Gasteiger partial charge is 0.350 e. The molecule has 0 saturated carbocycles. The molecule has 3 rings (SSSR count). The van der Waals surface area contributed by atoms with Gasteiger partial charge in [-0.25, -0.2) is 9.37 Å². The lowest BCUT2D eigenvalue weighted by molar-refractivity contribution is 0.0949. The lowest BCUT2D eigenvalue weighted by Gasteiger charge is -2.08. The fourth-order valence-electron chi connectivity index (χ4n) is 2.55. The van der Waals surface area contributed by atoms with Gasteiger partial charge in [0.05, 0.1) is 0 Å². The minimum Gasteiger partial charge on any atom is -0.350 e. The maximum absolute atomic E-state index is 13.6. The van der Waals surface area contributed by atoms with E-state index in [1.807, 2.05) is 0 Å². The predicted octanol–water partition coefficient (Wildman–Crippen LogP) is 4.10. The van der Waals surface area contributed by atoms with E-state index in [0.717, 1.165) is 0 Å². The summed E-state index contributed by atoms with van der Waals surface area (Å²) in [7, 11) is 0. The van der Waals surface area contributed by atoms with Crippen molar-refractivity contribution in [3.05, 3.63) is 94.5 Å². The normalized spacial score (nSPS) is 10.4. The number of nitrogens with one attached hydrogen (secondary N) is 2. The SMILES string of the molecule is O=C(NCCc1ccccc1F)c1cccc(C(=O)Nc2cccc(Cl)c2)n1. The highest BCUT2D eigenvalue weighted by atomic mass is 35.5. The Labute approximate surface area is 166 Å². The number of nitrogens with zero attached hydrogens (tertiary/aromatic N) is 1. The van der Waals surface area contributed by atoms with Crippen LogP contribution in [0.5, 0.6) is 0 Å². The molecule has 2 N–H and O–H groups in total. The fourth-order valence-corrected chi connectivity index (χ4v) is 2.74. The molecule has 0 aliphatic rings. The van der Waals surface area contributed by atoms with E-state index in [4.69, 9.17) is 11.6 Å². The summed E-state index contributed by atoms with van der Waals surface area (Å²) < 4.78 is 13.6. The summed E-state index contributed by atoms with van der Waals surface area (Å²) in [5, 5.41) is 5.85. The maximum Gasteiger partial charge on any atom is 0.274 e. The van der Waals surface area contributed by atoms with Gasteiger partial charge in [-0.3, -0.25) is 9.59 Å². The Balaban J connectivity index is 1.61. The van der Waals surface area contributed by atoms with Gasteiger partial charge in [-0.1, -0.05) is 41.9 Å². The number of amides is 2. The second-order valence-corrected chi connectivity index (χ2v) is 6.41. The van der Waals surface area contributed by atoms with E-state index in [-0.39, 0.29) is 23.7 Å². The molecule has 0 aliphatic carbocycles. The molecule has 7 heteroatoms. The lowest BCUT2D eigenvalue weighted by atomic mass is 10.1. The van der Waals surface area contributed by atoms with Gasteiger partial charge in [0.25, 0.3) is 11.8 Å². The molecule has 5 nitrogen and oxygen atoms in total. The van der Waals surface area contributed by atoms with Gasteiger partial charge >= 0.3 is 0 Å². The van der Waals surface area contributed by atoms with Gasteiger partial charge in [-0.2, -0.15) is 0 Å². The van der Waals surface area contributed by atoms with Crippen molar-refractivity contribution in [1.82, 2.24) is 10.3 Å². The van der Waals surface area contributed by atoms with Gasteiger partial charge in [-0.05, 0) is 48.4 Å². The van der Waals surface area contributed by atoms with Crippen molar-refractivity contribution in [1.29, 1.82) is 0 Å². The van der Waals surface area contributed by atoms with Crippen LogP contribution < -0.4 is 10.6 Å². The van der Waals surface area contributed by atoms with E-state index in [1.165, 1.54) is 18.2 Å². The van der Waals surface area contributed by atoms with Crippen molar-refractivity contribution < 1.29 is 14.0 Å². The number of hydrogen-bond donors (Lipinski definition) is 2. The number of hydrogen-bond acceptors (Lipinski definition) is 3. The van der Waals surface area contributed by atoms with Crippen molar-refractivity contribution in [2.75, 3.05) is 11.9 Å². The first-order chi connectivity index (χ1) is 13.5. The zero-order valence-electron chi connectivity index (χ0n) is 14.8. The average molecular weight is 398 g/mol. The van der Waals surface area contributed by atoms with E-state index in [1.54, 1.807) is 48.5 Å². The quantitative estimate of drug-likeness (QED) is 0.657. The van der Waals surface area contributed by atoms with Crippen LogP contribution >= 0.6 is 11.6 Å². The third kappa shape index (κ3) is 5.14. The van der Waals surface area contributed by atoms with E-state index in [9.17, 15) is 14.0 Å². The van der Waals surface area contributed by atoms with Crippen LogP contribution in [0.3, 0.4) is 0 Å². The summed E-state index contributed by atoms with van der Waals surface area (Å²) >= 11 is 5.90. The van der Waals surface area contributed by atoms with Crippen molar-refractivity contribution >= 4 is 29.1 Å². The molecule has 1 heterocycles. The number of anilines is 1. The van der Waals surface area contributed by atoms with Crippen LogP contribution in [0, 0.1) is 5.82 Å². The molecule has 2 amide bonds. The lowest BCUT2D eigenvalue weighted by Crippen LogP contribution is -2.27. The maximum atomic E-state index is 13.6. The molecule has 3 aromatic rings. The minimum absolute atomic E-state index is 0.0988. The fraction of sp³-hybridized carbons (Fsp3) is 0.0952. The van der Waals surface area contributed by atoms with Crippen LogP contribution in [-0.2, 0) is 6.42 Å². The van der Waals surface area contributed by atoms with Crippen LogP contribution in [0.2, 0.25) is 5.02 Å². The Morgan fingerprint density at radius 1 is 0.929 bits per heavy atom. The van der Waals surface area contributed by atoms with E-state index in [2.05, 4.69) is 15.6 Å². The molecule has 0 spiro atoms. The summed E-state index contributed by atoms with van der Waals surface area (Å²) in [6, 6.07) is 17.7. The van der Waals surface area contributed by atoms with Crippen LogP contribution in [0.25, 0.3) is 0 Å².